The number of carbonyl (C=O) groups is 1. The Morgan fingerprint density at radius 1 is 1.30 bits per heavy atom. The van der Waals surface area contributed by atoms with Crippen LogP contribution < -0.4 is 9.64 Å². The first kappa shape index (κ1) is 16.9. The molecule has 0 bridgehead atoms. The van der Waals surface area contributed by atoms with E-state index in [2.05, 4.69) is 5.10 Å². The molecule has 0 aliphatic carbocycles. The van der Waals surface area contributed by atoms with E-state index in [-0.39, 0.29) is 19.0 Å². The first-order valence-corrected chi connectivity index (χ1v) is 7.02. The van der Waals surface area contributed by atoms with Crippen LogP contribution in [-0.4, -0.2) is 29.3 Å². The smallest absolute Gasteiger partial charge is 0.432 e. The van der Waals surface area contributed by atoms with Crippen molar-refractivity contribution >= 4 is 11.7 Å². The van der Waals surface area contributed by atoms with Gasteiger partial charge < -0.3 is 4.74 Å². The summed E-state index contributed by atoms with van der Waals surface area (Å²) in [4.78, 5) is 13.4. The Bertz CT molecular complexity index is 641. The Labute approximate surface area is 131 Å². The summed E-state index contributed by atoms with van der Waals surface area (Å²) in [6, 6.07) is 9.51. The van der Waals surface area contributed by atoms with Crippen LogP contribution in [0, 0.1) is 0 Å². The number of nitrogens with one attached hydrogen (secondary N) is 1. The van der Waals surface area contributed by atoms with Crippen molar-refractivity contribution in [3.8, 4) is 5.75 Å². The molecule has 0 radical (unpaired) electrons. The Hall–Kier alpha value is -2.51. The van der Waals surface area contributed by atoms with Crippen LogP contribution in [0.25, 0.3) is 0 Å². The van der Waals surface area contributed by atoms with Crippen molar-refractivity contribution < 1.29 is 22.7 Å². The Balaban J connectivity index is 2.08. The minimum absolute atomic E-state index is 0.0687. The molecule has 5 nitrogen and oxygen atoms in total. The number of aromatic nitrogens is 2. The molecule has 0 spiro atoms. The number of carbonyl (C=O) groups excluding carboxylic acids is 1. The highest BCUT2D eigenvalue weighted by Gasteiger charge is 2.34. The largest absolute Gasteiger partial charge is 0.484 e. The molecule has 8 heteroatoms. The maximum absolute atomic E-state index is 12.6. The maximum Gasteiger partial charge on any atom is 0.432 e. The molecule has 23 heavy (non-hydrogen) atoms. The van der Waals surface area contributed by atoms with Gasteiger partial charge >= 0.3 is 6.18 Å². The van der Waals surface area contributed by atoms with E-state index in [9.17, 15) is 18.0 Å². The third-order valence-electron chi connectivity index (χ3n) is 3.00. The predicted octanol–water partition coefficient (Wildman–Crippen LogP) is 3.25. The molecule has 0 saturated carbocycles. The fraction of sp³-hybridized carbons (Fsp3) is 0.333. The highest BCUT2D eigenvalue weighted by Crippen LogP contribution is 2.29. The number of nitrogens with zero attached hydrogens (tertiary/aromatic N) is 2. The SMILES string of the molecule is CCCN(C(=O)COc1ccccc1)c1cc(C(F)(F)F)[nH]n1. The van der Waals surface area contributed by atoms with E-state index < -0.39 is 17.8 Å². The number of hydrogen-bond acceptors (Lipinski definition) is 3. The third kappa shape index (κ3) is 4.48. The quantitative estimate of drug-likeness (QED) is 0.886. The summed E-state index contributed by atoms with van der Waals surface area (Å²) in [6.45, 7) is 1.78. The molecule has 1 heterocycles. The molecule has 1 aromatic carbocycles. The van der Waals surface area contributed by atoms with Crippen molar-refractivity contribution in [3.63, 3.8) is 0 Å². The lowest BCUT2D eigenvalue weighted by Crippen LogP contribution is -2.36. The van der Waals surface area contributed by atoms with Gasteiger partial charge in [0.15, 0.2) is 12.4 Å². The first-order chi connectivity index (χ1) is 10.9. The van der Waals surface area contributed by atoms with E-state index in [0.29, 0.717) is 12.2 Å². The third-order valence-corrected chi connectivity index (χ3v) is 3.00. The number of benzene rings is 1. The zero-order valence-electron chi connectivity index (χ0n) is 12.4. The zero-order valence-corrected chi connectivity index (χ0v) is 12.4. The number of anilines is 1. The fourth-order valence-electron chi connectivity index (χ4n) is 1.92. The van der Waals surface area contributed by atoms with E-state index in [1.54, 1.807) is 30.3 Å². The summed E-state index contributed by atoms with van der Waals surface area (Å²) in [7, 11) is 0. The van der Waals surface area contributed by atoms with Gasteiger partial charge in [-0.1, -0.05) is 25.1 Å². The monoisotopic (exact) mass is 327 g/mol. The predicted molar refractivity (Wildman–Crippen MR) is 78.2 cm³/mol. The van der Waals surface area contributed by atoms with Gasteiger partial charge in [-0.2, -0.15) is 18.3 Å². The number of para-hydroxylation sites is 1. The summed E-state index contributed by atoms with van der Waals surface area (Å²) < 4.78 is 43.2. The van der Waals surface area contributed by atoms with Crippen LogP contribution in [0.4, 0.5) is 19.0 Å². The van der Waals surface area contributed by atoms with Crippen molar-refractivity contribution in [1.29, 1.82) is 0 Å². The van der Waals surface area contributed by atoms with Gasteiger partial charge in [-0.25, -0.2) is 0 Å². The Morgan fingerprint density at radius 2 is 2.00 bits per heavy atom. The van der Waals surface area contributed by atoms with Crippen molar-refractivity contribution in [2.45, 2.75) is 19.5 Å². The second kappa shape index (κ2) is 7.17. The van der Waals surface area contributed by atoms with E-state index in [1.807, 2.05) is 12.0 Å². The molecular weight excluding hydrogens is 311 g/mol. The van der Waals surface area contributed by atoms with E-state index in [0.717, 1.165) is 6.07 Å². The molecule has 1 amide bonds. The lowest BCUT2D eigenvalue weighted by Gasteiger charge is -2.19. The number of hydrogen-bond donors (Lipinski definition) is 1. The summed E-state index contributed by atoms with van der Waals surface area (Å²) in [5.41, 5.74) is -0.995. The number of aromatic amines is 1. The Morgan fingerprint density at radius 3 is 2.57 bits per heavy atom. The first-order valence-electron chi connectivity index (χ1n) is 7.02. The molecule has 1 N–H and O–H groups in total. The summed E-state index contributed by atoms with van der Waals surface area (Å²) in [5.74, 6) is -0.0212. The van der Waals surface area contributed by atoms with Gasteiger partial charge in [-0.15, -0.1) is 0 Å². The van der Waals surface area contributed by atoms with E-state index >= 15 is 0 Å². The van der Waals surface area contributed by atoms with Crippen molar-refractivity contribution in [2.24, 2.45) is 0 Å². The van der Waals surface area contributed by atoms with Gasteiger partial charge in [0, 0.05) is 12.6 Å². The molecule has 0 saturated heterocycles. The van der Waals surface area contributed by atoms with Gasteiger partial charge in [0.05, 0.1) is 0 Å². The van der Waals surface area contributed by atoms with E-state index in [4.69, 9.17) is 4.74 Å². The number of halogens is 3. The summed E-state index contributed by atoms with van der Waals surface area (Å²) >= 11 is 0. The minimum atomic E-state index is -4.53. The average Bonchev–Trinajstić information content (AvgIpc) is 3.01. The lowest BCUT2D eigenvalue weighted by molar-refractivity contribution is -0.141. The number of rotatable bonds is 6. The second-order valence-electron chi connectivity index (χ2n) is 4.78. The standard InChI is InChI=1S/C15H16F3N3O2/c1-2-8-21(13-9-12(19-20-13)15(16,17)18)14(22)10-23-11-6-4-3-5-7-11/h3-7,9H,2,8,10H2,1H3,(H,19,20). The second-order valence-corrected chi connectivity index (χ2v) is 4.78. The molecule has 2 rings (SSSR count). The highest BCUT2D eigenvalue weighted by atomic mass is 19.4. The zero-order chi connectivity index (χ0) is 16.9. The topological polar surface area (TPSA) is 58.2 Å². The van der Waals surface area contributed by atoms with Crippen LogP contribution in [0.3, 0.4) is 0 Å². The van der Waals surface area contributed by atoms with Crippen molar-refractivity contribution in [3.05, 3.63) is 42.1 Å². The van der Waals surface area contributed by atoms with Crippen molar-refractivity contribution in [2.75, 3.05) is 18.1 Å². The van der Waals surface area contributed by atoms with Gasteiger partial charge in [-0.3, -0.25) is 14.8 Å². The molecule has 0 aliphatic heterocycles. The Kier molecular flexibility index (Phi) is 5.25. The van der Waals surface area contributed by atoms with Crippen LogP contribution in [0.2, 0.25) is 0 Å². The molecule has 0 aliphatic rings. The molecule has 0 unspecified atom stereocenters. The number of ether oxygens (including phenoxy) is 1. The van der Waals surface area contributed by atoms with Crippen LogP contribution in [-0.2, 0) is 11.0 Å². The molecule has 2 aromatic rings. The van der Waals surface area contributed by atoms with Gasteiger partial charge in [-0.05, 0) is 18.6 Å². The molecule has 124 valence electrons. The van der Waals surface area contributed by atoms with Crippen LogP contribution >= 0.6 is 0 Å². The summed E-state index contributed by atoms with van der Waals surface area (Å²) in [6.07, 6.45) is -3.96. The van der Waals surface area contributed by atoms with Gasteiger partial charge in [0.2, 0.25) is 0 Å². The summed E-state index contributed by atoms with van der Waals surface area (Å²) in [5, 5.41) is 5.49. The van der Waals surface area contributed by atoms with Crippen LogP contribution in [0.15, 0.2) is 36.4 Å². The van der Waals surface area contributed by atoms with Crippen LogP contribution in [0.1, 0.15) is 19.0 Å². The number of alkyl halides is 3. The molecular formula is C15H16F3N3O2. The van der Waals surface area contributed by atoms with E-state index in [1.165, 1.54) is 4.90 Å². The number of H-pyrrole nitrogens is 1. The number of amides is 1. The maximum atomic E-state index is 12.6. The minimum Gasteiger partial charge on any atom is -0.484 e. The highest BCUT2D eigenvalue weighted by molar-refractivity contribution is 5.93. The average molecular weight is 327 g/mol. The van der Waals surface area contributed by atoms with Gasteiger partial charge in [0.1, 0.15) is 11.4 Å². The van der Waals surface area contributed by atoms with Crippen LogP contribution in [0.5, 0.6) is 5.75 Å². The lowest BCUT2D eigenvalue weighted by atomic mass is 10.3. The molecule has 0 atom stereocenters. The van der Waals surface area contributed by atoms with Gasteiger partial charge in [0.25, 0.3) is 5.91 Å². The normalized spacial score (nSPS) is 11.3. The molecule has 1 aromatic heterocycles. The fourth-order valence-corrected chi connectivity index (χ4v) is 1.92. The van der Waals surface area contributed by atoms with Crippen molar-refractivity contribution in [1.82, 2.24) is 10.2 Å². The molecule has 0 fully saturated rings.